The number of hydrogen-bond donors (Lipinski definition) is 0. The van der Waals surface area contributed by atoms with Crippen molar-refractivity contribution < 1.29 is 13.2 Å². The molecule has 108 valence electrons. The van der Waals surface area contributed by atoms with Crippen LogP contribution in [-0.2, 0) is 11.9 Å². The number of alkyl halides is 3. The number of benzene rings is 1. The second-order valence-corrected chi connectivity index (χ2v) is 5.41. The third kappa shape index (κ3) is 3.90. The molecule has 0 saturated carbocycles. The van der Waals surface area contributed by atoms with Crippen molar-refractivity contribution in [1.29, 1.82) is 5.26 Å². The average Bonchev–Trinajstić information content (AvgIpc) is 2.45. The van der Waals surface area contributed by atoms with E-state index in [1.165, 1.54) is 0 Å². The number of hydrogen-bond acceptors (Lipinski definition) is 3. The highest BCUT2D eigenvalue weighted by Gasteiger charge is 2.33. The molecule has 0 bridgehead atoms. The molecule has 0 atom stereocenters. The van der Waals surface area contributed by atoms with E-state index < -0.39 is 11.9 Å². The first-order chi connectivity index (χ1) is 9.91. The van der Waals surface area contributed by atoms with Gasteiger partial charge in [-0.1, -0.05) is 29.8 Å². The standard InChI is InChI=1S/C14H8ClF3N2S/c15-11-4-2-1-3-10(11)8-21-13-9(7-19)5-6-12(20-13)14(16,17)18/h1-6H,8H2. The number of pyridine rings is 1. The first-order valence-corrected chi connectivity index (χ1v) is 7.12. The Morgan fingerprint density at radius 3 is 2.52 bits per heavy atom. The lowest BCUT2D eigenvalue weighted by atomic mass is 10.2. The summed E-state index contributed by atoms with van der Waals surface area (Å²) in [6.07, 6.45) is -4.53. The number of thioether (sulfide) groups is 1. The molecule has 0 saturated heterocycles. The summed E-state index contributed by atoms with van der Waals surface area (Å²) < 4.78 is 38.0. The second-order valence-electron chi connectivity index (χ2n) is 4.04. The highest BCUT2D eigenvalue weighted by Crippen LogP contribution is 2.32. The summed E-state index contributed by atoms with van der Waals surface area (Å²) in [7, 11) is 0. The van der Waals surface area contributed by atoms with E-state index in [1.54, 1.807) is 24.3 Å². The van der Waals surface area contributed by atoms with Crippen LogP contribution < -0.4 is 0 Å². The summed E-state index contributed by atoms with van der Waals surface area (Å²) in [6, 6.07) is 10.8. The Morgan fingerprint density at radius 2 is 1.90 bits per heavy atom. The van der Waals surface area contributed by atoms with Gasteiger partial charge in [0.1, 0.15) is 16.8 Å². The van der Waals surface area contributed by atoms with Crippen molar-refractivity contribution in [1.82, 2.24) is 4.98 Å². The number of aromatic nitrogens is 1. The molecule has 21 heavy (non-hydrogen) atoms. The normalized spacial score (nSPS) is 11.2. The maximum atomic E-state index is 12.7. The summed E-state index contributed by atoms with van der Waals surface area (Å²) in [4.78, 5) is 3.53. The Bertz CT molecular complexity index is 695. The van der Waals surface area contributed by atoms with E-state index in [2.05, 4.69) is 4.98 Å². The van der Waals surface area contributed by atoms with E-state index >= 15 is 0 Å². The number of nitriles is 1. The molecule has 0 radical (unpaired) electrons. The largest absolute Gasteiger partial charge is 0.433 e. The van der Waals surface area contributed by atoms with Crippen LogP contribution in [0, 0.1) is 11.3 Å². The molecule has 2 nitrogen and oxygen atoms in total. The zero-order valence-electron chi connectivity index (χ0n) is 10.5. The first kappa shape index (κ1) is 15.7. The minimum atomic E-state index is -4.53. The van der Waals surface area contributed by atoms with Crippen LogP contribution in [-0.4, -0.2) is 4.98 Å². The second kappa shape index (κ2) is 6.37. The van der Waals surface area contributed by atoms with Gasteiger partial charge in [0, 0.05) is 10.8 Å². The summed E-state index contributed by atoms with van der Waals surface area (Å²) in [6.45, 7) is 0. The minimum absolute atomic E-state index is 0.0484. The molecule has 0 unspecified atom stereocenters. The third-order valence-electron chi connectivity index (χ3n) is 2.59. The van der Waals surface area contributed by atoms with Crippen molar-refractivity contribution in [3.05, 3.63) is 58.2 Å². The molecule has 0 aliphatic carbocycles. The Labute approximate surface area is 128 Å². The van der Waals surface area contributed by atoms with Crippen molar-refractivity contribution >= 4 is 23.4 Å². The molecule has 1 heterocycles. The molecule has 0 spiro atoms. The van der Waals surface area contributed by atoms with Crippen molar-refractivity contribution in [2.75, 3.05) is 0 Å². The lowest BCUT2D eigenvalue weighted by molar-refractivity contribution is -0.141. The van der Waals surface area contributed by atoms with Gasteiger partial charge < -0.3 is 0 Å². The molecule has 0 amide bonds. The van der Waals surface area contributed by atoms with Crippen LogP contribution in [0.25, 0.3) is 0 Å². The Balaban J connectivity index is 2.27. The molecule has 1 aromatic heterocycles. The molecule has 0 aliphatic heterocycles. The first-order valence-electron chi connectivity index (χ1n) is 5.76. The van der Waals surface area contributed by atoms with Gasteiger partial charge in [0.05, 0.1) is 5.56 Å². The Hall–Kier alpha value is -1.71. The van der Waals surface area contributed by atoms with Crippen LogP contribution in [0.15, 0.2) is 41.4 Å². The van der Waals surface area contributed by atoms with Gasteiger partial charge >= 0.3 is 6.18 Å². The summed E-state index contributed by atoms with van der Waals surface area (Å²) in [5.74, 6) is 0.336. The fourth-order valence-electron chi connectivity index (χ4n) is 1.56. The van der Waals surface area contributed by atoms with Gasteiger partial charge in [-0.2, -0.15) is 18.4 Å². The van der Waals surface area contributed by atoms with Gasteiger partial charge in [-0.15, -0.1) is 11.8 Å². The molecule has 2 aromatic rings. The van der Waals surface area contributed by atoms with Gasteiger partial charge in [-0.05, 0) is 23.8 Å². The maximum absolute atomic E-state index is 12.7. The Kier molecular flexibility index (Phi) is 4.76. The van der Waals surface area contributed by atoms with Crippen LogP contribution in [0.4, 0.5) is 13.2 Å². The van der Waals surface area contributed by atoms with Gasteiger partial charge in [0.2, 0.25) is 0 Å². The zero-order chi connectivity index (χ0) is 15.5. The molecular weight excluding hydrogens is 321 g/mol. The highest BCUT2D eigenvalue weighted by atomic mass is 35.5. The number of nitrogens with zero attached hydrogens (tertiary/aromatic N) is 2. The van der Waals surface area contributed by atoms with Gasteiger partial charge in [0.25, 0.3) is 0 Å². The fourth-order valence-corrected chi connectivity index (χ4v) is 2.81. The predicted molar refractivity (Wildman–Crippen MR) is 75.0 cm³/mol. The molecule has 0 N–H and O–H groups in total. The lowest BCUT2D eigenvalue weighted by Crippen LogP contribution is -2.08. The summed E-state index contributed by atoms with van der Waals surface area (Å²) in [5.41, 5.74) is -0.129. The van der Waals surface area contributed by atoms with E-state index in [1.807, 2.05) is 6.07 Å². The maximum Gasteiger partial charge on any atom is 0.433 e. The van der Waals surface area contributed by atoms with Crippen LogP contribution in [0.2, 0.25) is 5.02 Å². The van der Waals surface area contributed by atoms with Crippen LogP contribution in [0.3, 0.4) is 0 Å². The Morgan fingerprint density at radius 1 is 1.19 bits per heavy atom. The smallest absolute Gasteiger partial charge is 0.236 e. The topological polar surface area (TPSA) is 36.7 Å². The fraction of sp³-hybridized carbons (Fsp3) is 0.143. The highest BCUT2D eigenvalue weighted by molar-refractivity contribution is 7.98. The SMILES string of the molecule is N#Cc1ccc(C(F)(F)F)nc1SCc1ccccc1Cl. The van der Waals surface area contributed by atoms with Crippen molar-refractivity contribution in [2.24, 2.45) is 0 Å². The summed E-state index contributed by atoms with van der Waals surface area (Å²) in [5, 5.41) is 9.53. The molecular formula is C14H8ClF3N2S. The average molecular weight is 329 g/mol. The third-order valence-corrected chi connectivity index (χ3v) is 4.00. The molecule has 0 aliphatic rings. The van der Waals surface area contributed by atoms with E-state index in [4.69, 9.17) is 16.9 Å². The van der Waals surface area contributed by atoms with Crippen LogP contribution >= 0.6 is 23.4 Å². The van der Waals surface area contributed by atoms with Crippen LogP contribution in [0.5, 0.6) is 0 Å². The van der Waals surface area contributed by atoms with Crippen molar-refractivity contribution in [3.8, 4) is 6.07 Å². The quantitative estimate of drug-likeness (QED) is 0.750. The molecule has 2 rings (SSSR count). The summed E-state index contributed by atoms with van der Waals surface area (Å²) >= 11 is 7.04. The van der Waals surface area contributed by atoms with Gasteiger partial charge in [0.15, 0.2) is 0 Å². The number of halogens is 4. The zero-order valence-corrected chi connectivity index (χ0v) is 12.1. The van der Waals surface area contributed by atoms with Crippen molar-refractivity contribution in [3.63, 3.8) is 0 Å². The molecule has 7 heteroatoms. The van der Waals surface area contributed by atoms with Crippen LogP contribution in [0.1, 0.15) is 16.8 Å². The molecule has 0 fully saturated rings. The van der Waals surface area contributed by atoms with Gasteiger partial charge in [-0.25, -0.2) is 4.98 Å². The monoisotopic (exact) mass is 328 g/mol. The van der Waals surface area contributed by atoms with E-state index in [-0.39, 0.29) is 10.6 Å². The minimum Gasteiger partial charge on any atom is -0.236 e. The lowest BCUT2D eigenvalue weighted by Gasteiger charge is -2.09. The molecule has 1 aromatic carbocycles. The van der Waals surface area contributed by atoms with E-state index in [0.29, 0.717) is 10.8 Å². The van der Waals surface area contributed by atoms with E-state index in [9.17, 15) is 13.2 Å². The predicted octanol–water partition coefficient (Wildman–Crippen LogP) is 4.92. The number of rotatable bonds is 3. The van der Waals surface area contributed by atoms with Gasteiger partial charge in [-0.3, -0.25) is 0 Å². The van der Waals surface area contributed by atoms with Crippen molar-refractivity contribution in [2.45, 2.75) is 17.0 Å². The van der Waals surface area contributed by atoms with E-state index in [0.717, 1.165) is 29.5 Å².